The fourth-order valence-electron chi connectivity index (χ4n) is 9.15. The highest BCUT2D eigenvalue weighted by molar-refractivity contribution is 7.08. The lowest BCUT2D eigenvalue weighted by Crippen LogP contribution is -2.55. The highest BCUT2D eigenvalue weighted by Crippen LogP contribution is 2.40. The van der Waals surface area contributed by atoms with Gasteiger partial charge in [0.05, 0.1) is 30.1 Å². The van der Waals surface area contributed by atoms with Gasteiger partial charge in [0.15, 0.2) is 0 Å². The fourth-order valence-corrected chi connectivity index (χ4v) is 9.81. The van der Waals surface area contributed by atoms with Crippen LogP contribution in [0.15, 0.2) is 94.4 Å². The average Bonchev–Trinajstić information content (AvgIpc) is 3.81. The van der Waals surface area contributed by atoms with Gasteiger partial charge in [0, 0.05) is 43.2 Å². The van der Waals surface area contributed by atoms with Crippen LogP contribution in [0.5, 0.6) is 11.5 Å². The van der Waals surface area contributed by atoms with Crippen LogP contribution < -0.4 is 15.6 Å². The molecule has 12 heteroatoms. The highest BCUT2D eigenvalue weighted by atomic mass is 32.1. The van der Waals surface area contributed by atoms with Crippen molar-refractivity contribution in [2.75, 3.05) is 52.4 Å². The number of hydrogen-bond acceptors (Lipinski definition) is 10. The Kier molecular flexibility index (Phi) is 12.8. The molecule has 0 spiro atoms. The number of fused-ring (bicyclic) bond motifs is 4. The normalized spacial score (nSPS) is 20.4. The van der Waals surface area contributed by atoms with E-state index in [1.807, 2.05) is 52.7 Å². The van der Waals surface area contributed by atoms with Crippen molar-refractivity contribution in [2.45, 2.75) is 69.0 Å². The van der Waals surface area contributed by atoms with Crippen LogP contribution in [0.2, 0.25) is 0 Å². The van der Waals surface area contributed by atoms with Gasteiger partial charge in [-0.05, 0) is 134 Å². The molecule has 3 aromatic carbocycles. The molecule has 0 saturated carbocycles. The number of carbonyl (C=O) groups excluding carboxylic acids is 2. The molecule has 4 aliphatic heterocycles. The van der Waals surface area contributed by atoms with E-state index < -0.39 is 11.5 Å². The van der Waals surface area contributed by atoms with Gasteiger partial charge in [-0.15, -0.1) is 0 Å². The summed E-state index contributed by atoms with van der Waals surface area (Å²) in [6, 6.07) is 24.3. The Morgan fingerprint density at radius 1 is 0.949 bits per heavy atom. The maximum absolute atomic E-state index is 14.1. The number of aliphatic hydroxyl groups excluding tert-OH is 1. The van der Waals surface area contributed by atoms with Crippen LogP contribution in [0, 0.1) is 5.92 Å². The van der Waals surface area contributed by atoms with Gasteiger partial charge in [0.1, 0.15) is 17.6 Å². The standard InChI is InChI=1S/C47H54N4O7S/c52-39-12-10-36(37-11-14-43(54)49-45(37)39)40(53)29-48-20-5-2-6-25-57-41-13-9-32(27-38(41)34-17-26-59-31-34)28-44(55)51-23-18-47(19-24-51,35-7-3-1-4-8-35)46(56)58-42-30-50-21-15-33(42)16-22-50/h1,3-4,7-14,17,26-27,31,33,40,42,48,52-53H,2,5-6,15-16,18-25,28-30H2,(H,49,54)/t40-,42-/m0/s1. The summed E-state index contributed by atoms with van der Waals surface area (Å²) in [7, 11) is 0. The molecule has 0 aliphatic carbocycles. The summed E-state index contributed by atoms with van der Waals surface area (Å²) in [5.41, 5.74) is 3.81. The fraction of sp³-hybridized carbons (Fsp3) is 0.426. The maximum atomic E-state index is 14.1. The quantitative estimate of drug-likeness (QED) is 0.0642. The van der Waals surface area contributed by atoms with Crippen LogP contribution in [0.4, 0.5) is 0 Å². The number of nitrogens with zero attached hydrogens (tertiary/aromatic N) is 2. The Morgan fingerprint density at radius 2 is 1.76 bits per heavy atom. The highest BCUT2D eigenvalue weighted by Gasteiger charge is 2.47. The zero-order valence-corrected chi connectivity index (χ0v) is 34.3. The molecule has 1 amide bonds. The van der Waals surface area contributed by atoms with Crippen molar-refractivity contribution < 1.29 is 29.3 Å². The molecule has 2 atom stereocenters. The Morgan fingerprint density at radius 3 is 2.51 bits per heavy atom. The SMILES string of the molecule is O=C(Cc1ccc(OCCCCCNC[C@H](O)c2ccc(O)c3[nH]c(=O)ccc23)c(-c2ccsc2)c1)N1CCC(C(=O)O[C@H]2CN3CCC2CC3)(c2ccccc2)CC1. The van der Waals surface area contributed by atoms with Crippen LogP contribution in [-0.4, -0.2) is 95.4 Å². The monoisotopic (exact) mass is 818 g/mol. The van der Waals surface area contributed by atoms with Crippen molar-refractivity contribution in [3.05, 3.63) is 117 Å². The Balaban J connectivity index is 0.820. The van der Waals surface area contributed by atoms with E-state index in [1.165, 1.54) is 12.1 Å². The maximum Gasteiger partial charge on any atom is 0.317 e. The van der Waals surface area contributed by atoms with E-state index in [1.54, 1.807) is 23.5 Å². The molecule has 9 rings (SSSR count). The number of thiophene rings is 1. The number of aromatic amines is 1. The van der Waals surface area contributed by atoms with Gasteiger partial charge in [-0.3, -0.25) is 19.3 Å². The number of carbonyl (C=O) groups is 2. The summed E-state index contributed by atoms with van der Waals surface area (Å²) >= 11 is 1.62. The molecule has 6 heterocycles. The minimum Gasteiger partial charge on any atom is -0.506 e. The average molecular weight is 819 g/mol. The summed E-state index contributed by atoms with van der Waals surface area (Å²) in [5.74, 6) is 1.11. The number of pyridine rings is 1. The number of benzene rings is 3. The summed E-state index contributed by atoms with van der Waals surface area (Å²) in [5, 5.41) is 29.0. The smallest absolute Gasteiger partial charge is 0.317 e. The van der Waals surface area contributed by atoms with E-state index in [4.69, 9.17) is 9.47 Å². The van der Waals surface area contributed by atoms with Crippen molar-refractivity contribution in [1.82, 2.24) is 20.1 Å². The predicted molar refractivity (Wildman–Crippen MR) is 230 cm³/mol. The third-order valence-corrected chi connectivity index (χ3v) is 13.3. The van der Waals surface area contributed by atoms with E-state index in [2.05, 4.69) is 32.7 Å². The summed E-state index contributed by atoms with van der Waals surface area (Å²) < 4.78 is 12.7. The topological polar surface area (TPSA) is 144 Å². The molecule has 4 aliphatic rings. The lowest BCUT2D eigenvalue weighted by Gasteiger charge is -2.46. The molecule has 310 valence electrons. The van der Waals surface area contributed by atoms with Crippen molar-refractivity contribution in [1.29, 1.82) is 0 Å². The van der Waals surface area contributed by atoms with Crippen LogP contribution in [0.1, 0.15) is 67.7 Å². The van der Waals surface area contributed by atoms with Crippen LogP contribution in [0.25, 0.3) is 22.0 Å². The number of amides is 1. The molecule has 0 radical (unpaired) electrons. The zero-order chi connectivity index (χ0) is 40.8. The van der Waals surface area contributed by atoms with Crippen molar-refractivity contribution in [3.63, 3.8) is 0 Å². The van der Waals surface area contributed by atoms with E-state index in [9.17, 15) is 24.6 Å². The lowest BCUT2D eigenvalue weighted by molar-refractivity contribution is -0.168. The predicted octanol–water partition coefficient (Wildman–Crippen LogP) is 6.57. The molecule has 2 bridgehead atoms. The van der Waals surface area contributed by atoms with Crippen molar-refractivity contribution in [3.8, 4) is 22.6 Å². The summed E-state index contributed by atoms with van der Waals surface area (Å²) in [6.07, 6.45) is 5.36. The number of aromatic nitrogens is 1. The Bertz CT molecular complexity index is 2260. The van der Waals surface area contributed by atoms with E-state index in [-0.39, 0.29) is 35.7 Å². The van der Waals surface area contributed by atoms with Crippen molar-refractivity contribution in [2.24, 2.45) is 5.92 Å². The Labute approximate surface area is 349 Å². The summed E-state index contributed by atoms with van der Waals surface area (Å²) in [6.45, 7) is 5.61. The van der Waals surface area contributed by atoms with Gasteiger partial charge in [0.2, 0.25) is 11.5 Å². The van der Waals surface area contributed by atoms with E-state index in [0.717, 1.165) is 86.3 Å². The molecular weight excluding hydrogens is 765 g/mol. The summed E-state index contributed by atoms with van der Waals surface area (Å²) in [4.78, 5) is 46.6. The molecular formula is C47H54N4O7S. The number of phenolic OH excluding ortho intramolecular Hbond substituents is 1. The third kappa shape index (κ3) is 9.26. The van der Waals surface area contributed by atoms with Crippen molar-refractivity contribution >= 4 is 34.1 Å². The largest absolute Gasteiger partial charge is 0.506 e. The number of rotatable bonds is 16. The molecule has 0 unspecified atom stereocenters. The van der Waals surface area contributed by atoms with Crippen LogP contribution in [0.3, 0.4) is 0 Å². The number of ether oxygens (including phenoxy) is 2. The number of aromatic hydroxyl groups is 1. The number of unbranched alkanes of at least 4 members (excludes halogenated alkanes) is 2. The number of H-pyrrole nitrogens is 1. The number of nitrogens with one attached hydrogen (secondary N) is 2. The first-order chi connectivity index (χ1) is 28.8. The van der Waals surface area contributed by atoms with E-state index in [0.29, 0.717) is 61.5 Å². The van der Waals surface area contributed by atoms with Gasteiger partial charge in [0.25, 0.3) is 0 Å². The third-order valence-electron chi connectivity index (χ3n) is 12.6. The number of hydrogen-bond donors (Lipinski definition) is 4. The van der Waals surface area contributed by atoms with Gasteiger partial charge in [-0.2, -0.15) is 11.3 Å². The lowest BCUT2D eigenvalue weighted by atomic mass is 9.72. The Hall–Kier alpha value is -5.01. The van der Waals surface area contributed by atoms with Gasteiger partial charge in [-0.25, -0.2) is 0 Å². The first-order valence-electron chi connectivity index (χ1n) is 21.1. The zero-order valence-electron chi connectivity index (χ0n) is 33.4. The molecule has 4 fully saturated rings. The van der Waals surface area contributed by atoms with Gasteiger partial charge < -0.3 is 34.9 Å². The number of likely N-dealkylation sites (tertiary alicyclic amines) is 1. The van der Waals surface area contributed by atoms with Crippen LogP contribution >= 0.6 is 11.3 Å². The molecule has 4 N–H and O–H groups in total. The number of aliphatic hydroxyl groups is 1. The first kappa shape index (κ1) is 40.8. The number of esters is 1. The van der Waals surface area contributed by atoms with E-state index >= 15 is 0 Å². The van der Waals surface area contributed by atoms with Gasteiger partial charge >= 0.3 is 5.97 Å². The molecule has 59 heavy (non-hydrogen) atoms. The second kappa shape index (κ2) is 18.5. The van der Waals surface area contributed by atoms with Gasteiger partial charge in [-0.1, -0.05) is 42.5 Å². The molecule has 11 nitrogen and oxygen atoms in total. The second-order valence-electron chi connectivity index (χ2n) is 16.3. The van der Waals surface area contributed by atoms with Crippen LogP contribution in [-0.2, 0) is 26.2 Å². The first-order valence-corrected chi connectivity index (χ1v) is 22.0. The molecule has 2 aromatic heterocycles. The molecule has 5 aromatic rings. The second-order valence-corrected chi connectivity index (χ2v) is 17.1. The number of phenols is 1. The number of piperidine rings is 4. The minimum absolute atomic E-state index is 0.0303. The minimum atomic E-state index is -0.796. The molecule has 4 saturated heterocycles.